The van der Waals surface area contributed by atoms with Gasteiger partial charge in [0.2, 0.25) is 0 Å². The van der Waals surface area contributed by atoms with Crippen LogP contribution in [0.2, 0.25) is 0 Å². The Labute approximate surface area is 112 Å². The predicted octanol–water partition coefficient (Wildman–Crippen LogP) is -2.27. The van der Waals surface area contributed by atoms with Crippen LogP contribution in [0.15, 0.2) is 29.2 Å². The van der Waals surface area contributed by atoms with Gasteiger partial charge in [-0.25, -0.2) is 12.8 Å². The molecule has 1 aromatic rings. The molecule has 0 bridgehead atoms. The standard InChI is InChI=1S/C6H5FO3S.K/c7-5-1-3-6(4-2-5)11(8,9)10;/h1-4H,(H,8,9,10);/q;+1/p-1. The van der Waals surface area contributed by atoms with Crippen LogP contribution in [-0.4, -0.2) is 13.0 Å². The van der Waals surface area contributed by atoms with Crippen molar-refractivity contribution in [1.29, 1.82) is 0 Å². The van der Waals surface area contributed by atoms with Crippen LogP contribution < -0.4 is 51.4 Å². The Kier molecular flexibility index (Phi) is 5.08. The first-order valence-electron chi connectivity index (χ1n) is 2.71. The summed E-state index contributed by atoms with van der Waals surface area (Å²) in [6.07, 6.45) is 0. The zero-order valence-corrected chi connectivity index (χ0v) is 10.3. The van der Waals surface area contributed by atoms with E-state index in [1.807, 2.05) is 0 Å². The molecule has 0 atom stereocenters. The summed E-state index contributed by atoms with van der Waals surface area (Å²) in [5.41, 5.74) is 0. The summed E-state index contributed by atoms with van der Waals surface area (Å²) in [7, 11) is -4.44. The summed E-state index contributed by atoms with van der Waals surface area (Å²) in [5, 5.41) is 0. The maximum absolute atomic E-state index is 12.2. The summed E-state index contributed by atoms with van der Waals surface area (Å²) < 4.78 is 43.0. The van der Waals surface area contributed by atoms with Gasteiger partial charge in [0.05, 0.1) is 4.90 Å². The summed E-state index contributed by atoms with van der Waals surface area (Å²) in [4.78, 5) is -0.418. The van der Waals surface area contributed by atoms with Gasteiger partial charge in [-0.15, -0.1) is 0 Å². The monoisotopic (exact) mass is 214 g/mol. The van der Waals surface area contributed by atoms with Crippen molar-refractivity contribution in [2.45, 2.75) is 4.90 Å². The second-order valence-corrected chi connectivity index (χ2v) is 3.29. The third-order valence-corrected chi connectivity index (χ3v) is 1.95. The van der Waals surface area contributed by atoms with Crippen LogP contribution in [0.25, 0.3) is 0 Å². The second kappa shape index (κ2) is 4.80. The van der Waals surface area contributed by atoms with Crippen molar-refractivity contribution in [3.63, 3.8) is 0 Å². The summed E-state index contributed by atoms with van der Waals surface area (Å²) >= 11 is 0. The number of halogens is 1. The first-order chi connectivity index (χ1) is 5.00. The van der Waals surface area contributed by atoms with Gasteiger partial charge in [0, 0.05) is 0 Å². The van der Waals surface area contributed by atoms with E-state index in [0.29, 0.717) is 0 Å². The molecule has 0 radical (unpaired) electrons. The minimum atomic E-state index is -4.44. The van der Waals surface area contributed by atoms with E-state index in [1.54, 1.807) is 0 Å². The Morgan fingerprint density at radius 2 is 1.58 bits per heavy atom. The molecule has 0 spiro atoms. The molecule has 0 heterocycles. The molecule has 0 aromatic heterocycles. The van der Waals surface area contributed by atoms with Crippen LogP contribution in [-0.2, 0) is 10.1 Å². The van der Waals surface area contributed by atoms with Gasteiger partial charge < -0.3 is 4.55 Å². The fraction of sp³-hybridized carbons (Fsp3) is 0. The number of benzene rings is 1. The van der Waals surface area contributed by atoms with Gasteiger partial charge in [0.15, 0.2) is 0 Å². The quantitative estimate of drug-likeness (QED) is 0.391. The van der Waals surface area contributed by atoms with Crippen molar-refractivity contribution >= 4 is 10.1 Å². The number of rotatable bonds is 1. The first kappa shape index (κ1) is 12.7. The van der Waals surface area contributed by atoms with Crippen molar-refractivity contribution in [2.75, 3.05) is 0 Å². The summed E-state index contributed by atoms with van der Waals surface area (Å²) in [6.45, 7) is 0. The number of hydrogen-bond donors (Lipinski definition) is 0. The van der Waals surface area contributed by atoms with Crippen molar-refractivity contribution in [1.82, 2.24) is 0 Å². The van der Waals surface area contributed by atoms with Gasteiger partial charge in [-0.05, 0) is 24.3 Å². The molecule has 0 aliphatic rings. The molecule has 0 N–H and O–H groups in total. The molecule has 0 aliphatic heterocycles. The van der Waals surface area contributed by atoms with Gasteiger partial charge in [-0.3, -0.25) is 0 Å². The molecular formula is C6H4FKO3S. The summed E-state index contributed by atoms with van der Waals surface area (Å²) in [5.74, 6) is -0.572. The molecule has 0 saturated carbocycles. The van der Waals surface area contributed by atoms with E-state index in [0.717, 1.165) is 24.3 Å². The molecule has 6 heteroatoms. The van der Waals surface area contributed by atoms with Gasteiger partial charge >= 0.3 is 51.4 Å². The van der Waals surface area contributed by atoms with E-state index in [9.17, 15) is 17.4 Å². The minimum Gasteiger partial charge on any atom is -0.744 e. The average molecular weight is 214 g/mol. The Morgan fingerprint density at radius 1 is 1.17 bits per heavy atom. The Bertz CT molecular complexity index is 346. The zero-order chi connectivity index (χ0) is 8.48. The van der Waals surface area contributed by atoms with Gasteiger partial charge in [-0.2, -0.15) is 0 Å². The summed E-state index contributed by atoms with van der Waals surface area (Å²) in [6, 6.07) is 3.70. The van der Waals surface area contributed by atoms with Gasteiger partial charge in [0.1, 0.15) is 15.9 Å². The van der Waals surface area contributed by atoms with Crippen molar-refractivity contribution < 1.29 is 68.7 Å². The molecule has 12 heavy (non-hydrogen) atoms. The van der Waals surface area contributed by atoms with Crippen molar-refractivity contribution in [3.8, 4) is 0 Å². The topological polar surface area (TPSA) is 57.2 Å². The van der Waals surface area contributed by atoms with E-state index in [-0.39, 0.29) is 51.4 Å². The molecule has 3 nitrogen and oxygen atoms in total. The average Bonchev–Trinajstić information content (AvgIpc) is 1.86. The van der Waals surface area contributed by atoms with E-state index >= 15 is 0 Å². The molecule has 60 valence electrons. The van der Waals surface area contributed by atoms with Crippen molar-refractivity contribution in [3.05, 3.63) is 30.1 Å². The molecule has 0 fully saturated rings. The Balaban J connectivity index is 0.00000121. The Hall–Kier alpha value is 0.696. The normalized spacial score (nSPS) is 10.5. The Morgan fingerprint density at radius 3 is 1.92 bits per heavy atom. The SMILES string of the molecule is O=S(=O)([O-])c1ccc(F)cc1.[K+]. The third kappa shape index (κ3) is 3.61. The smallest absolute Gasteiger partial charge is 0.744 e. The fourth-order valence-electron chi connectivity index (χ4n) is 0.601. The molecule has 0 saturated heterocycles. The van der Waals surface area contributed by atoms with Crippen LogP contribution in [0, 0.1) is 5.82 Å². The second-order valence-electron chi connectivity index (χ2n) is 1.91. The van der Waals surface area contributed by atoms with E-state index < -0.39 is 20.8 Å². The maximum Gasteiger partial charge on any atom is 1.00 e. The van der Waals surface area contributed by atoms with Crippen LogP contribution in [0.5, 0.6) is 0 Å². The fourth-order valence-corrected chi connectivity index (χ4v) is 1.07. The van der Waals surface area contributed by atoms with E-state index in [1.165, 1.54) is 0 Å². The minimum absolute atomic E-state index is 0. The largest absolute Gasteiger partial charge is 1.00 e. The molecule has 1 rings (SSSR count). The first-order valence-corrected chi connectivity index (χ1v) is 4.12. The molecular weight excluding hydrogens is 210 g/mol. The van der Waals surface area contributed by atoms with Gasteiger partial charge in [-0.1, -0.05) is 0 Å². The molecule has 0 amide bonds. The van der Waals surface area contributed by atoms with E-state index in [4.69, 9.17) is 0 Å². The third-order valence-electron chi connectivity index (χ3n) is 1.10. The van der Waals surface area contributed by atoms with Crippen molar-refractivity contribution in [2.24, 2.45) is 0 Å². The molecule has 0 unspecified atom stereocenters. The van der Waals surface area contributed by atoms with Gasteiger partial charge in [0.25, 0.3) is 0 Å². The van der Waals surface area contributed by atoms with E-state index in [2.05, 4.69) is 0 Å². The number of hydrogen-bond acceptors (Lipinski definition) is 3. The zero-order valence-electron chi connectivity index (χ0n) is 6.32. The van der Waals surface area contributed by atoms with Crippen LogP contribution in [0.3, 0.4) is 0 Å². The molecule has 1 aromatic carbocycles. The predicted molar refractivity (Wildman–Crippen MR) is 34.4 cm³/mol. The molecule has 0 aliphatic carbocycles. The van der Waals surface area contributed by atoms with Crippen LogP contribution >= 0.6 is 0 Å². The maximum atomic E-state index is 12.2. The van der Waals surface area contributed by atoms with Crippen LogP contribution in [0.4, 0.5) is 4.39 Å². The van der Waals surface area contributed by atoms with Crippen LogP contribution in [0.1, 0.15) is 0 Å².